The Morgan fingerprint density at radius 1 is 1.18 bits per heavy atom. The lowest BCUT2D eigenvalue weighted by atomic mass is 9.67. The lowest BCUT2D eigenvalue weighted by Gasteiger charge is -2.39. The van der Waals surface area contributed by atoms with E-state index in [0.717, 1.165) is 32.6 Å². The Labute approximate surface area is 110 Å². The van der Waals surface area contributed by atoms with Crippen LogP contribution in [-0.4, -0.2) is 37.0 Å². The minimum atomic E-state index is -0.0113. The highest BCUT2D eigenvalue weighted by Gasteiger charge is 2.51. The molecule has 1 aliphatic carbocycles. The SMILES string of the molecule is Cl.O=C(N1CCCC1)[C@@]12CCCC[C@H]1CNC2. The predicted molar refractivity (Wildman–Crippen MR) is 70.3 cm³/mol. The maximum atomic E-state index is 12.7. The molecule has 0 radical (unpaired) electrons. The van der Waals surface area contributed by atoms with Crippen LogP contribution in [0.1, 0.15) is 38.5 Å². The van der Waals surface area contributed by atoms with Crippen LogP contribution in [0.15, 0.2) is 0 Å². The van der Waals surface area contributed by atoms with Crippen LogP contribution in [0.5, 0.6) is 0 Å². The third-order valence-corrected chi connectivity index (χ3v) is 4.86. The van der Waals surface area contributed by atoms with E-state index in [0.29, 0.717) is 11.8 Å². The van der Waals surface area contributed by atoms with Crippen LogP contribution < -0.4 is 5.32 Å². The van der Waals surface area contributed by atoms with Gasteiger partial charge in [-0.05, 0) is 38.1 Å². The van der Waals surface area contributed by atoms with Gasteiger partial charge in [0.2, 0.25) is 5.91 Å². The average molecular weight is 259 g/mol. The van der Waals surface area contributed by atoms with Crippen LogP contribution in [0.25, 0.3) is 0 Å². The molecular weight excluding hydrogens is 236 g/mol. The van der Waals surface area contributed by atoms with Crippen LogP contribution in [0.4, 0.5) is 0 Å². The molecule has 2 saturated heterocycles. The van der Waals surface area contributed by atoms with Crippen molar-refractivity contribution in [1.29, 1.82) is 0 Å². The molecule has 0 bridgehead atoms. The van der Waals surface area contributed by atoms with Crippen LogP contribution in [0.2, 0.25) is 0 Å². The molecule has 17 heavy (non-hydrogen) atoms. The van der Waals surface area contributed by atoms with Gasteiger partial charge in [-0.25, -0.2) is 0 Å². The van der Waals surface area contributed by atoms with Crippen molar-refractivity contribution in [1.82, 2.24) is 10.2 Å². The summed E-state index contributed by atoms with van der Waals surface area (Å²) in [7, 11) is 0. The Balaban J connectivity index is 0.00000108. The van der Waals surface area contributed by atoms with Crippen LogP contribution in [0.3, 0.4) is 0 Å². The van der Waals surface area contributed by atoms with Crippen LogP contribution >= 0.6 is 12.4 Å². The van der Waals surface area contributed by atoms with Gasteiger partial charge < -0.3 is 10.2 Å². The molecular formula is C13H23ClN2O. The Morgan fingerprint density at radius 3 is 2.71 bits per heavy atom. The summed E-state index contributed by atoms with van der Waals surface area (Å²) >= 11 is 0. The van der Waals surface area contributed by atoms with Crippen LogP contribution in [0, 0.1) is 11.3 Å². The van der Waals surface area contributed by atoms with E-state index < -0.39 is 0 Å². The first-order valence-electron chi connectivity index (χ1n) is 6.83. The molecule has 0 unspecified atom stereocenters. The quantitative estimate of drug-likeness (QED) is 0.778. The number of carbonyl (C=O) groups excluding carboxylic acids is 1. The fourth-order valence-electron chi connectivity index (χ4n) is 3.90. The van der Waals surface area contributed by atoms with E-state index in [1.165, 1.54) is 32.1 Å². The Morgan fingerprint density at radius 2 is 1.94 bits per heavy atom. The van der Waals surface area contributed by atoms with E-state index in [1.807, 2.05) is 0 Å². The maximum Gasteiger partial charge on any atom is 0.230 e. The third-order valence-electron chi connectivity index (χ3n) is 4.86. The Kier molecular flexibility index (Phi) is 3.99. The Hall–Kier alpha value is -0.280. The zero-order valence-corrected chi connectivity index (χ0v) is 11.2. The predicted octanol–water partition coefficient (Wildman–Crippen LogP) is 1.81. The molecule has 0 aromatic carbocycles. The van der Waals surface area contributed by atoms with Gasteiger partial charge in [0.1, 0.15) is 0 Å². The topological polar surface area (TPSA) is 32.3 Å². The fourth-order valence-corrected chi connectivity index (χ4v) is 3.90. The van der Waals surface area contributed by atoms with E-state index in [-0.39, 0.29) is 17.8 Å². The summed E-state index contributed by atoms with van der Waals surface area (Å²) in [6, 6.07) is 0. The molecule has 2 aliphatic heterocycles. The van der Waals surface area contributed by atoms with Crippen molar-refractivity contribution in [3.63, 3.8) is 0 Å². The molecule has 1 N–H and O–H groups in total. The molecule has 0 aromatic heterocycles. The highest BCUT2D eigenvalue weighted by Crippen LogP contribution is 2.45. The number of fused-ring (bicyclic) bond motifs is 1. The number of rotatable bonds is 1. The van der Waals surface area contributed by atoms with E-state index in [4.69, 9.17) is 0 Å². The number of amides is 1. The molecule has 3 nitrogen and oxygen atoms in total. The summed E-state index contributed by atoms with van der Waals surface area (Å²) in [6.07, 6.45) is 7.37. The molecule has 0 aromatic rings. The van der Waals surface area contributed by atoms with Crippen molar-refractivity contribution in [2.24, 2.45) is 11.3 Å². The molecule has 3 rings (SSSR count). The van der Waals surface area contributed by atoms with Crippen molar-refractivity contribution in [2.75, 3.05) is 26.2 Å². The number of hydrogen-bond donors (Lipinski definition) is 1. The Bertz CT molecular complexity index is 291. The summed E-state index contributed by atoms with van der Waals surface area (Å²) < 4.78 is 0. The van der Waals surface area contributed by atoms with E-state index in [1.54, 1.807) is 0 Å². The first-order valence-corrected chi connectivity index (χ1v) is 6.83. The summed E-state index contributed by atoms with van der Waals surface area (Å²) in [6.45, 7) is 4.02. The van der Waals surface area contributed by atoms with Crippen molar-refractivity contribution >= 4 is 18.3 Å². The van der Waals surface area contributed by atoms with E-state index in [2.05, 4.69) is 10.2 Å². The van der Waals surface area contributed by atoms with Gasteiger partial charge in [-0.2, -0.15) is 0 Å². The molecule has 3 aliphatic rings. The molecule has 1 saturated carbocycles. The summed E-state index contributed by atoms with van der Waals surface area (Å²) in [5, 5.41) is 3.46. The largest absolute Gasteiger partial charge is 0.342 e. The average Bonchev–Trinajstić information content (AvgIpc) is 2.98. The van der Waals surface area contributed by atoms with Gasteiger partial charge in [0.05, 0.1) is 5.41 Å². The molecule has 98 valence electrons. The van der Waals surface area contributed by atoms with Gasteiger partial charge in [0.15, 0.2) is 0 Å². The van der Waals surface area contributed by atoms with Crippen LogP contribution in [-0.2, 0) is 4.79 Å². The van der Waals surface area contributed by atoms with Gasteiger partial charge in [0.25, 0.3) is 0 Å². The number of carbonyl (C=O) groups is 1. The summed E-state index contributed by atoms with van der Waals surface area (Å²) in [5.74, 6) is 1.09. The second kappa shape index (κ2) is 5.15. The molecule has 4 heteroatoms. The molecule has 1 amide bonds. The highest BCUT2D eigenvalue weighted by atomic mass is 35.5. The van der Waals surface area contributed by atoms with Crippen molar-refractivity contribution < 1.29 is 4.79 Å². The third kappa shape index (κ3) is 2.08. The minimum absolute atomic E-state index is 0. The lowest BCUT2D eigenvalue weighted by Crippen LogP contribution is -2.48. The minimum Gasteiger partial charge on any atom is -0.342 e. The highest BCUT2D eigenvalue weighted by molar-refractivity contribution is 5.85. The van der Waals surface area contributed by atoms with Gasteiger partial charge in [-0.15, -0.1) is 12.4 Å². The maximum absolute atomic E-state index is 12.7. The second-order valence-electron chi connectivity index (χ2n) is 5.73. The molecule has 3 fully saturated rings. The monoisotopic (exact) mass is 258 g/mol. The number of likely N-dealkylation sites (tertiary alicyclic amines) is 1. The zero-order chi connectivity index (χ0) is 11.0. The fraction of sp³-hybridized carbons (Fsp3) is 0.923. The van der Waals surface area contributed by atoms with Gasteiger partial charge >= 0.3 is 0 Å². The smallest absolute Gasteiger partial charge is 0.230 e. The number of hydrogen-bond acceptors (Lipinski definition) is 2. The molecule has 2 atom stereocenters. The van der Waals surface area contributed by atoms with Crippen molar-refractivity contribution in [3.8, 4) is 0 Å². The van der Waals surface area contributed by atoms with Crippen molar-refractivity contribution in [3.05, 3.63) is 0 Å². The van der Waals surface area contributed by atoms with E-state index in [9.17, 15) is 4.79 Å². The zero-order valence-electron chi connectivity index (χ0n) is 10.4. The number of halogens is 1. The normalized spacial score (nSPS) is 36.5. The standard InChI is InChI=1S/C13H22N2O.ClH/c16-12(15-7-3-4-8-15)13-6-2-1-5-11(13)9-14-10-13;/h11,14H,1-10H2;1H/t11-,13+;/m0./s1. The molecule has 0 spiro atoms. The summed E-state index contributed by atoms with van der Waals surface area (Å²) in [4.78, 5) is 14.8. The first-order chi connectivity index (χ1) is 7.83. The van der Waals surface area contributed by atoms with E-state index >= 15 is 0 Å². The number of nitrogens with one attached hydrogen (secondary N) is 1. The van der Waals surface area contributed by atoms with Gasteiger partial charge in [-0.1, -0.05) is 12.8 Å². The van der Waals surface area contributed by atoms with Gasteiger partial charge in [0, 0.05) is 19.6 Å². The first kappa shape index (κ1) is 13.2. The number of nitrogens with zero attached hydrogens (tertiary/aromatic N) is 1. The molecule has 2 heterocycles. The van der Waals surface area contributed by atoms with Crippen molar-refractivity contribution in [2.45, 2.75) is 38.5 Å². The van der Waals surface area contributed by atoms with Gasteiger partial charge in [-0.3, -0.25) is 4.79 Å². The second-order valence-corrected chi connectivity index (χ2v) is 5.73. The lowest BCUT2D eigenvalue weighted by molar-refractivity contribution is -0.144. The summed E-state index contributed by atoms with van der Waals surface area (Å²) in [5.41, 5.74) is -0.0113.